The minimum absolute atomic E-state index is 0. The van der Waals surface area contributed by atoms with E-state index in [4.69, 9.17) is 85.9 Å². The normalized spacial score (nSPS) is 11.5. The number of hydrogen-bond acceptors (Lipinski definition) is 22. The summed E-state index contributed by atoms with van der Waals surface area (Å²) in [6, 6.07) is 49.1. The molecule has 0 atom stereocenters. The van der Waals surface area contributed by atoms with Gasteiger partial charge < -0.3 is 85.3 Å². The monoisotopic (exact) mass is 1750 g/mol. The molecule has 8 aromatic carbocycles. The number of carbonyl (C=O) groups is 8. The molecule has 14 rings (SSSR count). The van der Waals surface area contributed by atoms with Gasteiger partial charge in [-0.1, -0.05) is 133 Å². The van der Waals surface area contributed by atoms with Crippen LogP contribution >= 0.6 is 15.9 Å². The number of aromatic carboxylic acids is 3. The Morgan fingerprint density at radius 3 is 1.46 bits per heavy atom. The predicted octanol–water partition coefficient (Wildman–Crippen LogP) is 10.3. The summed E-state index contributed by atoms with van der Waals surface area (Å²) < 4.78 is 50.8. The number of carboxylic acid groups (broad SMARTS) is 4. The molecule has 6 aliphatic heterocycles. The molecule has 0 saturated carbocycles. The number of phenols is 1. The molecule has 620 valence electrons. The van der Waals surface area contributed by atoms with Gasteiger partial charge in [-0.3, -0.25) is 9.59 Å². The average Bonchev–Trinajstić information content (AvgIpc) is 0.856. The van der Waals surface area contributed by atoms with E-state index in [0.29, 0.717) is 89.9 Å². The van der Waals surface area contributed by atoms with E-state index in [0.717, 1.165) is 97.3 Å². The van der Waals surface area contributed by atoms with Crippen molar-refractivity contribution in [1.29, 1.82) is 0 Å². The number of benzene rings is 8. The molecule has 26 nitrogen and oxygen atoms in total. The number of phenolic OH excluding ortho intramolecular Hbond substituents is 1. The Morgan fingerprint density at radius 2 is 0.950 bits per heavy atom. The SMILES string of the molecule is C.C#CCBr.C#CCOc1cccc(C(=O)OC)c1.CC(=O)O.COC(=O)c1cccc(O)c1.COC(=O)c1cccc2c1C=CCO2.O=C(O)c1cccc2c1C=CCO2.O=C(O)c1cccc2c1CCCO2.O=C(O)c1cccc2c1OCCC2.O=C1CCOc2ccccc21.O=C=O.[CH2-]CCC.[HH].[Li+].[Na+].[OH-].[Zn].c1ccc2c(c1)CCCO2. The van der Waals surface area contributed by atoms with Crippen molar-refractivity contribution in [3.05, 3.63) is 256 Å². The van der Waals surface area contributed by atoms with Crippen LogP contribution in [-0.2, 0) is 67.3 Å². The number of alkyl halides is 1. The Bertz CT molecular complexity index is 4550. The first kappa shape index (κ1) is 112. The minimum Gasteiger partial charge on any atom is -0.870 e. The maximum atomic E-state index is 11.4. The maximum absolute atomic E-state index is 11.4. The number of fused-ring (bicyclic) bond motifs is 6. The number of unbranched alkanes of at least 4 members (excludes halogenated alkanes) is 1. The molecular weight excluding hydrogens is 1660 g/mol. The van der Waals surface area contributed by atoms with Crippen molar-refractivity contribution in [2.45, 2.75) is 79.1 Å². The first-order valence-corrected chi connectivity index (χ1v) is 36.3. The van der Waals surface area contributed by atoms with E-state index in [-0.39, 0.29) is 124 Å². The van der Waals surface area contributed by atoms with Crippen LogP contribution in [-0.4, -0.2) is 158 Å². The summed E-state index contributed by atoms with van der Waals surface area (Å²) in [6.45, 7) is 10.8. The number of halogens is 1. The molecule has 6 aliphatic rings. The van der Waals surface area contributed by atoms with Crippen molar-refractivity contribution < 1.29 is 196 Å². The number of terminal acetylenes is 2. The molecule has 0 unspecified atom stereocenters. The van der Waals surface area contributed by atoms with Crippen LogP contribution in [0.1, 0.15) is 162 Å². The Kier molecular flexibility index (Phi) is 61.8. The maximum Gasteiger partial charge on any atom is 1.00 e. The third kappa shape index (κ3) is 41.6. The van der Waals surface area contributed by atoms with E-state index in [2.05, 4.69) is 68.0 Å². The molecule has 30 heteroatoms. The van der Waals surface area contributed by atoms with Gasteiger partial charge in [0.15, 0.2) is 5.78 Å². The quantitative estimate of drug-likeness (QED) is 0.0224. The summed E-state index contributed by atoms with van der Waals surface area (Å²) in [5.74, 6) is 5.24. The number of aryl methyl sites for hydroxylation is 2. The summed E-state index contributed by atoms with van der Waals surface area (Å²) >= 11 is 3.01. The van der Waals surface area contributed by atoms with Gasteiger partial charge in [-0.2, -0.15) is 16.0 Å². The van der Waals surface area contributed by atoms with Crippen molar-refractivity contribution in [3.63, 3.8) is 0 Å². The van der Waals surface area contributed by atoms with Gasteiger partial charge in [-0.15, -0.1) is 12.8 Å². The van der Waals surface area contributed by atoms with Crippen LogP contribution in [0.25, 0.3) is 12.2 Å². The number of carboxylic acids is 4. The molecule has 0 amide bonds. The van der Waals surface area contributed by atoms with E-state index in [1.54, 1.807) is 109 Å². The summed E-state index contributed by atoms with van der Waals surface area (Å²) in [5, 5.41) is 43.6. The molecule has 6 N–H and O–H groups in total. The van der Waals surface area contributed by atoms with Crippen LogP contribution < -0.4 is 81.6 Å². The first-order chi connectivity index (χ1) is 55.0. The summed E-state index contributed by atoms with van der Waals surface area (Å²) in [4.78, 5) is 102. The third-order valence-corrected chi connectivity index (χ3v) is 15.6. The number of para-hydroxylation sites is 3. The summed E-state index contributed by atoms with van der Waals surface area (Å²) in [7, 11) is 4.00. The smallest absolute Gasteiger partial charge is 0.870 e. The number of methoxy groups -OCH3 is 3. The molecule has 6 heterocycles. The van der Waals surface area contributed by atoms with Gasteiger partial charge in [0.1, 0.15) is 71.4 Å². The number of aliphatic carboxylic acids is 1. The van der Waals surface area contributed by atoms with Crippen LogP contribution in [0.4, 0.5) is 0 Å². The Labute approximate surface area is 750 Å². The molecule has 0 bridgehead atoms. The molecule has 0 fully saturated rings. The Hall–Kier alpha value is -11.2. The van der Waals surface area contributed by atoms with Gasteiger partial charge in [-0.05, 0) is 159 Å². The van der Waals surface area contributed by atoms with Gasteiger partial charge >= 0.3 is 90.4 Å². The topological polar surface area (TPSA) is 394 Å². The zero-order valence-corrected chi connectivity index (χ0v) is 73.3. The second kappa shape index (κ2) is 65.8. The summed E-state index contributed by atoms with van der Waals surface area (Å²) in [5.41, 5.74) is 7.64. The van der Waals surface area contributed by atoms with E-state index in [1.807, 2.05) is 60.7 Å². The fourth-order valence-electron chi connectivity index (χ4n) is 10.1. The van der Waals surface area contributed by atoms with Crippen LogP contribution in [0.5, 0.6) is 46.0 Å². The zero-order valence-electron chi connectivity index (χ0n) is 66.8. The molecule has 119 heavy (non-hydrogen) atoms. The minimum atomic E-state index is -0.924. The number of Topliss-reactive ketones (excluding diaryl/α,β-unsaturated/α-hetero) is 1. The van der Waals surface area contributed by atoms with E-state index >= 15 is 0 Å². The van der Waals surface area contributed by atoms with Crippen molar-refractivity contribution in [2.24, 2.45) is 0 Å². The predicted molar refractivity (Wildman–Crippen MR) is 439 cm³/mol. The number of ether oxygens (including phenoxy) is 10. The van der Waals surface area contributed by atoms with Crippen molar-refractivity contribution in [3.8, 4) is 70.7 Å². The molecule has 0 aliphatic carbocycles. The van der Waals surface area contributed by atoms with E-state index in [1.165, 1.54) is 51.9 Å². The van der Waals surface area contributed by atoms with Gasteiger partial charge in [-0.25, -0.2) is 28.8 Å². The van der Waals surface area contributed by atoms with Gasteiger partial charge in [0.2, 0.25) is 0 Å². The van der Waals surface area contributed by atoms with E-state index in [9.17, 15) is 33.6 Å². The number of aromatic hydroxyl groups is 1. The molecule has 0 radical (unpaired) electrons. The van der Waals surface area contributed by atoms with Crippen molar-refractivity contribution in [2.75, 3.05) is 72.9 Å². The van der Waals surface area contributed by atoms with Crippen LogP contribution in [0.15, 0.2) is 182 Å². The third-order valence-electron chi connectivity index (χ3n) is 15.2. The molecule has 0 saturated heterocycles. The molecule has 8 aromatic rings. The second-order valence-corrected chi connectivity index (χ2v) is 23.7. The number of rotatable bonds is 9. The van der Waals surface area contributed by atoms with Crippen molar-refractivity contribution >= 4 is 81.8 Å². The van der Waals surface area contributed by atoms with Crippen LogP contribution in [0.3, 0.4) is 0 Å². The van der Waals surface area contributed by atoms with Gasteiger partial charge in [0.25, 0.3) is 5.97 Å². The molecule has 0 aromatic heterocycles. The average molecular weight is 1760 g/mol. The number of hydrogen-bond donors (Lipinski definition) is 5. The number of esters is 3. The molecule has 0 spiro atoms. The number of ketones is 1. The Morgan fingerprint density at radius 1 is 0.529 bits per heavy atom. The van der Waals surface area contributed by atoms with E-state index < -0.39 is 35.8 Å². The Balaban J connectivity index is -0.000000622. The van der Waals surface area contributed by atoms with Gasteiger partial charge in [0, 0.05) is 50.9 Å². The standard InChI is InChI=1S/2C11H10O3.C10H10O3.C10H8O3.C10H10O3.C9H8O2.C9H10O.C8H8O3.C4H9.C3H3Br.C2H4O2.CO2.CH4.Li.Na.H2O.Zn.H2/c1-13-11(12)9-4-2-6-10-8(9)5-3-7-14-10;1-3-7-14-10-6-4-5-9(8-10)11(12)13-2;2*11-10(12)8-3-1-5-9-7(8)4-2-6-13-9;11-10(12)8-5-1-3-7-4-2-6-13-9(7)8;10-8-5-6-11-9-4-2-1-3-7(8)9;1-2-6-9-8(4-1)5-3-7-10-9;1-11-8(10)6-3-2-4-7(9)5-6;1-3-4-2;1-2-3-4;1-2(3)4;2-1-3;;;;;;/h2-6H,7H2,1H3;1,4-6,8H,7H2,2H3;1,3,5H,2,4,6H2,(H,11,12);1-5H,6H2,(H,11,12);1,3,5H,2,4,6H2,(H,11,12);1-4H,5-6H2;1-2,4,6H,3,5,7H2;2-5,9H,1H3;1,3-4H2,2H3;1H,3H2;1H3,(H,3,4);;1H4;;;1H2;;1H/q;;;;;;;;-1;;;;;2*+1;;;/p-1. The zero-order chi connectivity index (χ0) is 84.0. The fourth-order valence-corrected chi connectivity index (χ4v) is 10.1. The number of carbonyl (C=O) groups excluding carboxylic acids is 6. The largest absolute Gasteiger partial charge is 1.00 e. The van der Waals surface area contributed by atoms with Crippen LogP contribution in [0, 0.1) is 31.6 Å². The second-order valence-electron chi connectivity index (χ2n) is 23.2. The summed E-state index contributed by atoms with van der Waals surface area (Å²) in [6.07, 6.45) is 26.1. The van der Waals surface area contributed by atoms with Gasteiger partial charge in [0.05, 0.1) is 86.5 Å². The first-order valence-electron chi connectivity index (χ1n) is 35.2. The van der Waals surface area contributed by atoms with Crippen LogP contribution in [0.2, 0.25) is 0 Å². The molecular formula is C89H97BrLiNaO26Zn. The van der Waals surface area contributed by atoms with Crippen molar-refractivity contribution in [1.82, 2.24) is 0 Å². The fraction of sp³-hybridized carbons (Fsp3) is 0.258.